The number of ether oxygens (including phenoxy) is 1. The Morgan fingerprint density at radius 3 is 2.88 bits per heavy atom. The third kappa shape index (κ3) is 5.63. The van der Waals surface area contributed by atoms with Gasteiger partial charge in [-0.3, -0.25) is 0 Å². The lowest BCUT2D eigenvalue weighted by atomic mass is 10.2. The number of hydrogen-bond acceptors (Lipinski definition) is 4. The topological polar surface area (TPSA) is 76.4 Å². The van der Waals surface area contributed by atoms with Gasteiger partial charge in [0.2, 0.25) is 0 Å². The number of halogens is 1. The van der Waals surface area contributed by atoms with E-state index in [0.29, 0.717) is 11.6 Å². The Kier molecular flexibility index (Phi) is 7.53. The Morgan fingerprint density at radius 1 is 1.32 bits per heavy atom. The Hall–Kier alpha value is -2.28. The van der Waals surface area contributed by atoms with Crippen molar-refractivity contribution >= 4 is 17.6 Å². The van der Waals surface area contributed by atoms with Gasteiger partial charge in [-0.05, 0) is 19.1 Å². The summed E-state index contributed by atoms with van der Waals surface area (Å²) in [5, 5.41) is 15.2. The summed E-state index contributed by atoms with van der Waals surface area (Å²) in [5.41, 5.74) is 0.983. The van der Waals surface area contributed by atoms with Crippen molar-refractivity contribution in [2.75, 3.05) is 20.2 Å². The number of nitrogens with one attached hydrogen (secondary N) is 2. The molecular formula is C17H25ClN6O. The summed E-state index contributed by atoms with van der Waals surface area (Å²) in [4.78, 5) is 4.61. The van der Waals surface area contributed by atoms with Crippen LogP contribution >= 0.6 is 11.6 Å². The van der Waals surface area contributed by atoms with Gasteiger partial charge in [0.15, 0.2) is 5.96 Å². The predicted octanol–water partition coefficient (Wildman–Crippen LogP) is 2.26. The average molecular weight is 365 g/mol. The van der Waals surface area contributed by atoms with Crippen molar-refractivity contribution in [1.82, 2.24) is 25.4 Å². The van der Waals surface area contributed by atoms with Gasteiger partial charge in [-0.25, -0.2) is 4.99 Å². The molecule has 0 saturated heterocycles. The number of aliphatic imine (C=N–C) groups is 1. The van der Waals surface area contributed by atoms with Crippen molar-refractivity contribution in [3.05, 3.63) is 40.9 Å². The maximum absolute atomic E-state index is 6.00. The maximum Gasteiger partial charge on any atom is 0.191 e. The molecule has 0 bridgehead atoms. The van der Waals surface area contributed by atoms with E-state index in [1.807, 2.05) is 23.6 Å². The van der Waals surface area contributed by atoms with Gasteiger partial charge in [-0.2, -0.15) is 0 Å². The molecule has 2 aromatic rings. The zero-order chi connectivity index (χ0) is 18.1. The van der Waals surface area contributed by atoms with Crippen molar-refractivity contribution in [3.8, 4) is 5.75 Å². The molecule has 0 spiro atoms. The SMILES string of the molecule is CCNC(=NCc1ccc(Cl)cc1OC)NCCn1cnnc1CC. The van der Waals surface area contributed by atoms with Gasteiger partial charge in [0, 0.05) is 36.6 Å². The van der Waals surface area contributed by atoms with Crippen LogP contribution in [0.5, 0.6) is 5.75 Å². The minimum Gasteiger partial charge on any atom is -0.496 e. The Balaban J connectivity index is 1.96. The summed E-state index contributed by atoms with van der Waals surface area (Å²) in [5.74, 6) is 2.48. The van der Waals surface area contributed by atoms with E-state index in [-0.39, 0.29) is 0 Å². The standard InChI is InChI=1S/C17H25ClN6O/c1-4-16-23-22-12-24(16)9-8-20-17(19-5-2)21-11-13-6-7-14(18)10-15(13)25-3/h6-7,10,12H,4-5,8-9,11H2,1-3H3,(H2,19,20,21). The number of hydrogen-bond donors (Lipinski definition) is 2. The summed E-state index contributed by atoms with van der Waals surface area (Å²) in [6, 6.07) is 5.57. The van der Waals surface area contributed by atoms with Crippen molar-refractivity contribution < 1.29 is 4.74 Å². The molecule has 0 aliphatic rings. The molecule has 0 fully saturated rings. The lowest BCUT2D eigenvalue weighted by Crippen LogP contribution is -2.38. The minimum absolute atomic E-state index is 0.502. The second-order valence-electron chi connectivity index (χ2n) is 5.37. The molecule has 2 N–H and O–H groups in total. The maximum atomic E-state index is 6.00. The summed E-state index contributed by atoms with van der Waals surface area (Å²) in [6.07, 6.45) is 2.62. The molecule has 0 radical (unpaired) electrons. The van der Waals surface area contributed by atoms with E-state index in [1.165, 1.54) is 0 Å². The van der Waals surface area contributed by atoms with Gasteiger partial charge in [0.1, 0.15) is 17.9 Å². The van der Waals surface area contributed by atoms with Crippen LogP contribution < -0.4 is 15.4 Å². The molecular weight excluding hydrogens is 340 g/mol. The van der Waals surface area contributed by atoms with Gasteiger partial charge in [0.05, 0.1) is 13.7 Å². The highest BCUT2D eigenvalue weighted by molar-refractivity contribution is 6.30. The third-order valence-corrected chi connectivity index (χ3v) is 3.89. The molecule has 0 amide bonds. The van der Waals surface area contributed by atoms with Gasteiger partial charge < -0.3 is 19.9 Å². The molecule has 2 rings (SSSR count). The predicted molar refractivity (Wildman–Crippen MR) is 100 cm³/mol. The zero-order valence-electron chi connectivity index (χ0n) is 14.9. The highest BCUT2D eigenvalue weighted by atomic mass is 35.5. The lowest BCUT2D eigenvalue weighted by molar-refractivity contribution is 0.410. The number of methoxy groups -OCH3 is 1. The van der Waals surface area contributed by atoms with Crippen LogP contribution in [0.1, 0.15) is 25.2 Å². The molecule has 0 saturated carbocycles. The smallest absolute Gasteiger partial charge is 0.191 e. The molecule has 0 unspecified atom stereocenters. The lowest BCUT2D eigenvalue weighted by Gasteiger charge is -2.13. The molecule has 0 aliphatic heterocycles. The van der Waals surface area contributed by atoms with E-state index < -0.39 is 0 Å². The van der Waals surface area contributed by atoms with Crippen molar-refractivity contribution in [2.45, 2.75) is 33.4 Å². The Bertz CT molecular complexity index is 700. The number of guanidine groups is 1. The van der Waals surface area contributed by atoms with Crippen LogP contribution in [0.4, 0.5) is 0 Å². The highest BCUT2D eigenvalue weighted by Gasteiger charge is 2.05. The molecule has 0 atom stereocenters. The first-order chi connectivity index (χ1) is 12.2. The average Bonchev–Trinajstić information content (AvgIpc) is 3.07. The van der Waals surface area contributed by atoms with Crippen LogP contribution in [0.2, 0.25) is 5.02 Å². The molecule has 1 aromatic carbocycles. The monoisotopic (exact) mass is 364 g/mol. The van der Waals surface area contributed by atoms with E-state index in [2.05, 4.69) is 32.7 Å². The number of benzene rings is 1. The van der Waals surface area contributed by atoms with E-state index in [0.717, 1.165) is 49.2 Å². The summed E-state index contributed by atoms with van der Waals surface area (Å²) in [6.45, 7) is 6.91. The van der Waals surface area contributed by atoms with E-state index in [4.69, 9.17) is 16.3 Å². The van der Waals surface area contributed by atoms with Gasteiger partial charge in [-0.15, -0.1) is 10.2 Å². The second kappa shape index (κ2) is 9.88. The number of nitrogens with zero attached hydrogens (tertiary/aromatic N) is 4. The fourth-order valence-corrected chi connectivity index (χ4v) is 2.55. The first-order valence-electron chi connectivity index (χ1n) is 8.39. The normalized spacial score (nSPS) is 11.4. The summed E-state index contributed by atoms with van der Waals surface area (Å²) < 4.78 is 7.40. The van der Waals surface area contributed by atoms with Gasteiger partial charge in [-0.1, -0.05) is 24.6 Å². The van der Waals surface area contributed by atoms with Crippen molar-refractivity contribution in [1.29, 1.82) is 0 Å². The van der Waals surface area contributed by atoms with Crippen LogP contribution in [-0.4, -0.2) is 40.9 Å². The quantitative estimate of drug-likeness (QED) is 0.555. The van der Waals surface area contributed by atoms with E-state index in [9.17, 15) is 0 Å². The first-order valence-corrected chi connectivity index (χ1v) is 8.77. The number of rotatable bonds is 8. The third-order valence-electron chi connectivity index (χ3n) is 3.66. The van der Waals surface area contributed by atoms with Crippen LogP contribution in [0.15, 0.2) is 29.5 Å². The second-order valence-corrected chi connectivity index (χ2v) is 5.81. The molecule has 0 aliphatic carbocycles. The van der Waals surface area contributed by atoms with Crippen molar-refractivity contribution in [3.63, 3.8) is 0 Å². The van der Waals surface area contributed by atoms with Crippen LogP contribution in [0.25, 0.3) is 0 Å². The van der Waals surface area contributed by atoms with E-state index >= 15 is 0 Å². The largest absolute Gasteiger partial charge is 0.496 e. The molecule has 1 heterocycles. The highest BCUT2D eigenvalue weighted by Crippen LogP contribution is 2.23. The molecule has 25 heavy (non-hydrogen) atoms. The Morgan fingerprint density at radius 2 is 2.16 bits per heavy atom. The van der Waals surface area contributed by atoms with Crippen LogP contribution in [-0.2, 0) is 19.5 Å². The summed E-state index contributed by atoms with van der Waals surface area (Å²) in [7, 11) is 1.63. The minimum atomic E-state index is 0.502. The fraction of sp³-hybridized carbons (Fsp3) is 0.471. The zero-order valence-corrected chi connectivity index (χ0v) is 15.7. The van der Waals surface area contributed by atoms with E-state index in [1.54, 1.807) is 19.5 Å². The fourth-order valence-electron chi connectivity index (χ4n) is 2.39. The van der Waals surface area contributed by atoms with Crippen LogP contribution in [0.3, 0.4) is 0 Å². The van der Waals surface area contributed by atoms with Crippen LogP contribution in [0, 0.1) is 0 Å². The van der Waals surface area contributed by atoms with Gasteiger partial charge >= 0.3 is 0 Å². The number of aromatic nitrogens is 3. The molecule has 136 valence electrons. The molecule has 8 heteroatoms. The first kappa shape index (κ1) is 19.1. The Labute approximate surface area is 153 Å². The summed E-state index contributed by atoms with van der Waals surface area (Å²) >= 11 is 6.00. The molecule has 1 aromatic heterocycles. The number of aryl methyl sites for hydroxylation is 1. The van der Waals surface area contributed by atoms with Crippen molar-refractivity contribution in [2.24, 2.45) is 4.99 Å². The molecule has 7 nitrogen and oxygen atoms in total. The van der Waals surface area contributed by atoms with Gasteiger partial charge in [0.25, 0.3) is 0 Å².